The number of fused-ring (bicyclic) bond motifs is 5. The third kappa shape index (κ3) is 6.95. The fourth-order valence-electron chi connectivity index (χ4n) is 4.69. The predicted molar refractivity (Wildman–Crippen MR) is 152 cm³/mol. The van der Waals surface area contributed by atoms with Crippen LogP contribution in [0.2, 0.25) is 0 Å². The van der Waals surface area contributed by atoms with Crippen molar-refractivity contribution in [2.45, 2.75) is 46.2 Å². The number of carbonyl (C=O) groups excluding carboxylic acids is 3. The van der Waals surface area contributed by atoms with Crippen molar-refractivity contribution < 1.29 is 23.9 Å². The monoisotopic (exact) mass is 565 g/mol. The highest BCUT2D eigenvalue weighted by Gasteiger charge is 2.25. The van der Waals surface area contributed by atoms with Crippen LogP contribution in [-0.2, 0) is 22.6 Å². The van der Waals surface area contributed by atoms with Crippen LogP contribution in [0.15, 0.2) is 36.0 Å². The molecule has 0 saturated carbocycles. The van der Waals surface area contributed by atoms with Crippen molar-refractivity contribution in [2.75, 3.05) is 27.3 Å². The zero-order valence-corrected chi connectivity index (χ0v) is 24.3. The maximum Gasteiger partial charge on any atom is 0.253 e. The number of pyridine rings is 1. The Kier molecular flexibility index (Phi) is 9.36. The van der Waals surface area contributed by atoms with Crippen LogP contribution < -0.4 is 20.1 Å². The summed E-state index contributed by atoms with van der Waals surface area (Å²) in [6.45, 7) is 6.65. The first-order chi connectivity index (χ1) is 19.2. The maximum absolute atomic E-state index is 13.5. The molecule has 1 atom stereocenters. The van der Waals surface area contributed by atoms with E-state index in [1.165, 1.54) is 17.5 Å². The molecule has 0 saturated heterocycles. The highest BCUT2D eigenvalue weighted by atomic mass is 32.1. The summed E-state index contributed by atoms with van der Waals surface area (Å²) in [5.74, 6) is 0.327. The highest BCUT2D eigenvalue weighted by molar-refractivity contribution is 7.09. The lowest BCUT2D eigenvalue weighted by molar-refractivity contribution is -0.131. The molecule has 4 rings (SSSR count). The number of rotatable bonds is 6. The predicted octanol–water partition coefficient (Wildman–Crippen LogP) is 3.38. The first-order valence-corrected chi connectivity index (χ1v) is 14.0. The zero-order chi connectivity index (χ0) is 28.8. The standard InChI is InChI=1S/C29H35N5O5S/c1-17(2)8-24-29(37)31-6-7-34(26(35)12-22-16-40-18(3)32-22)15-19-9-23(27(39-5)25(10-19)38-4)20-11-21(14-30-13-20)28(36)33-24/h9-11,13-14,16-17,24H,6-8,12,15H2,1-5H3,(H,31,37)(H,33,36)/t24-/m1/s1. The van der Waals surface area contributed by atoms with Crippen molar-refractivity contribution in [3.63, 3.8) is 0 Å². The largest absolute Gasteiger partial charge is 0.493 e. The number of hydrogen-bond acceptors (Lipinski definition) is 8. The first-order valence-electron chi connectivity index (χ1n) is 13.2. The molecule has 0 aliphatic carbocycles. The zero-order valence-electron chi connectivity index (χ0n) is 23.4. The Bertz CT molecular complexity index is 1390. The summed E-state index contributed by atoms with van der Waals surface area (Å²) in [6, 6.07) is 4.71. The molecule has 1 aromatic carbocycles. The van der Waals surface area contributed by atoms with Gasteiger partial charge in [-0.25, -0.2) is 4.98 Å². The topological polar surface area (TPSA) is 123 Å². The van der Waals surface area contributed by atoms with E-state index in [2.05, 4.69) is 20.6 Å². The number of nitrogens with one attached hydrogen (secondary N) is 2. The molecule has 1 aliphatic rings. The molecule has 3 aromatic rings. The van der Waals surface area contributed by atoms with Gasteiger partial charge in [0.1, 0.15) is 6.04 Å². The van der Waals surface area contributed by atoms with Gasteiger partial charge in [0, 0.05) is 48.5 Å². The molecular weight excluding hydrogens is 530 g/mol. The van der Waals surface area contributed by atoms with E-state index in [0.717, 1.165) is 10.6 Å². The smallest absolute Gasteiger partial charge is 0.253 e. The second-order valence-corrected chi connectivity index (χ2v) is 11.2. The number of hydrogen-bond donors (Lipinski definition) is 2. The molecule has 10 nitrogen and oxygen atoms in total. The van der Waals surface area contributed by atoms with Crippen molar-refractivity contribution in [2.24, 2.45) is 5.92 Å². The first kappa shape index (κ1) is 29.0. The summed E-state index contributed by atoms with van der Waals surface area (Å²) in [5.41, 5.74) is 3.13. The lowest BCUT2D eigenvalue weighted by Gasteiger charge is -2.25. The second kappa shape index (κ2) is 12.9. The average Bonchev–Trinajstić information content (AvgIpc) is 3.34. The number of benzene rings is 1. The molecule has 0 unspecified atom stereocenters. The van der Waals surface area contributed by atoms with Crippen molar-refractivity contribution in [3.05, 3.63) is 57.8 Å². The number of nitrogens with zero attached hydrogens (tertiary/aromatic N) is 3. The molecule has 0 fully saturated rings. The third-order valence-electron chi connectivity index (χ3n) is 6.59. The Morgan fingerprint density at radius 1 is 1.15 bits per heavy atom. The van der Waals surface area contributed by atoms with Gasteiger partial charge in [-0.2, -0.15) is 0 Å². The average molecular weight is 566 g/mol. The van der Waals surface area contributed by atoms with Crippen molar-refractivity contribution >= 4 is 29.1 Å². The fraction of sp³-hybridized carbons (Fsp3) is 0.414. The summed E-state index contributed by atoms with van der Waals surface area (Å²) < 4.78 is 11.3. The minimum Gasteiger partial charge on any atom is -0.493 e. The van der Waals surface area contributed by atoms with Gasteiger partial charge in [-0.05, 0) is 43.0 Å². The molecule has 0 spiro atoms. The normalized spacial score (nSPS) is 16.1. The molecular formula is C29H35N5O5S. The van der Waals surface area contributed by atoms with Gasteiger partial charge in [-0.15, -0.1) is 11.3 Å². The van der Waals surface area contributed by atoms with Gasteiger partial charge in [0.25, 0.3) is 5.91 Å². The molecule has 3 heterocycles. The number of aryl methyl sites for hydroxylation is 1. The second-order valence-electron chi connectivity index (χ2n) is 10.1. The van der Waals surface area contributed by atoms with Crippen LogP contribution in [0.25, 0.3) is 11.1 Å². The minimum absolute atomic E-state index is 0.115. The van der Waals surface area contributed by atoms with E-state index in [0.29, 0.717) is 40.3 Å². The number of thiazole rings is 1. The van der Waals surface area contributed by atoms with Gasteiger partial charge in [0.15, 0.2) is 11.5 Å². The summed E-state index contributed by atoms with van der Waals surface area (Å²) in [4.78, 5) is 50.3. The van der Waals surface area contributed by atoms with Crippen molar-refractivity contribution in [1.82, 2.24) is 25.5 Å². The Morgan fingerprint density at radius 2 is 1.93 bits per heavy atom. The molecule has 3 amide bonds. The molecule has 4 bridgehead atoms. The summed E-state index contributed by atoms with van der Waals surface area (Å²) in [5, 5.41) is 8.56. The van der Waals surface area contributed by atoms with E-state index in [1.54, 1.807) is 31.4 Å². The molecule has 40 heavy (non-hydrogen) atoms. The quantitative estimate of drug-likeness (QED) is 0.470. The van der Waals surface area contributed by atoms with E-state index in [-0.39, 0.29) is 43.8 Å². The van der Waals surface area contributed by atoms with E-state index in [1.807, 2.05) is 38.3 Å². The number of ether oxygens (including phenoxy) is 2. The Balaban J connectivity index is 1.78. The molecule has 2 aromatic heterocycles. The van der Waals surface area contributed by atoms with Crippen molar-refractivity contribution in [3.8, 4) is 22.6 Å². The Hall–Kier alpha value is -3.99. The fourth-order valence-corrected chi connectivity index (χ4v) is 5.30. The summed E-state index contributed by atoms with van der Waals surface area (Å²) >= 11 is 1.50. The lowest BCUT2D eigenvalue weighted by atomic mass is 10.00. The van der Waals surface area contributed by atoms with Crippen LogP contribution in [0.1, 0.15) is 46.9 Å². The molecule has 212 valence electrons. The van der Waals surface area contributed by atoms with E-state index >= 15 is 0 Å². The number of aromatic nitrogens is 2. The van der Waals surface area contributed by atoms with Gasteiger partial charge >= 0.3 is 0 Å². The molecule has 11 heteroatoms. The van der Waals surface area contributed by atoms with Crippen LogP contribution in [0.4, 0.5) is 0 Å². The van der Waals surface area contributed by atoms with Crippen LogP contribution in [-0.4, -0.2) is 65.9 Å². The Morgan fingerprint density at radius 3 is 2.60 bits per heavy atom. The van der Waals surface area contributed by atoms with E-state index in [9.17, 15) is 14.4 Å². The maximum atomic E-state index is 13.5. The SMILES string of the molecule is COc1cc2cc(c1OC)-c1cncc(c1)C(=O)N[C@H](CC(C)C)C(=O)NCCN(C(=O)Cc1csc(C)n1)C2. The van der Waals surface area contributed by atoms with Gasteiger partial charge in [-0.1, -0.05) is 13.8 Å². The molecule has 0 radical (unpaired) electrons. The molecule has 2 N–H and O–H groups in total. The van der Waals surface area contributed by atoms with Crippen LogP contribution in [0.5, 0.6) is 11.5 Å². The summed E-state index contributed by atoms with van der Waals surface area (Å²) in [6.07, 6.45) is 3.72. The highest BCUT2D eigenvalue weighted by Crippen LogP contribution is 2.39. The molecule has 1 aliphatic heterocycles. The van der Waals surface area contributed by atoms with Crippen LogP contribution >= 0.6 is 11.3 Å². The van der Waals surface area contributed by atoms with E-state index in [4.69, 9.17) is 9.47 Å². The van der Waals surface area contributed by atoms with Gasteiger partial charge in [0.2, 0.25) is 11.8 Å². The van der Waals surface area contributed by atoms with E-state index < -0.39 is 11.9 Å². The van der Waals surface area contributed by atoms with Crippen molar-refractivity contribution in [1.29, 1.82) is 0 Å². The lowest BCUT2D eigenvalue weighted by Crippen LogP contribution is -2.49. The van der Waals surface area contributed by atoms with Crippen LogP contribution in [0.3, 0.4) is 0 Å². The third-order valence-corrected chi connectivity index (χ3v) is 7.41. The Labute approximate surface area is 238 Å². The number of amides is 3. The minimum atomic E-state index is -0.737. The van der Waals surface area contributed by atoms with Gasteiger partial charge in [0.05, 0.1) is 36.9 Å². The summed E-state index contributed by atoms with van der Waals surface area (Å²) in [7, 11) is 3.10. The number of methoxy groups -OCH3 is 2. The van der Waals surface area contributed by atoms with Gasteiger partial charge < -0.3 is 25.0 Å². The van der Waals surface area contributed by atoms with Gasteiger partial charge in [-0.3, -0.25) is 19.4 Å². The van der Waals surface area contributed by atoms with Crippen LogP contribution in [0, 0.1) is 12.8 Å². The number of carbonyl (C=O) groups is 3.